The molecule has 4 nitrogen and oxygen atoms in total. The topological polar surface area (TPSA) is 77.8 Å². The molecule has 4 rings (SSSR count). The third kappa shape index (κ3) is 3.57. The molecule has 3 N–H and O–H groups in total. The minimum absolute atomic E-state index is 0.0294. The minimum Gasteiger partial charge on any atom is -0.478 e. The highest BCUT2D eigenvalue weighted by atomic mass is 16.4. The second-order valence-corrected chi connectivity index (χ2v) is 13.4. The molecular formula is C30H48O4. The standard InChI is InChI=1S/C30H48O4/c1-19(8-7-9-20(2)26(33)34)21-14-15-30(6)24-12-10-23-22(11-13-25(32)28(23,4)18-31)27(24,3)16-17-29(21,30)5/h9-10,19,21-22,24-25,31-32H,7-8,11-18H2,1-6H3,(H,33,34). The lowest BCUT2D eigenvalue weighted by atomic mass is 9.39. The fourth-order valence-corrected chi connectivity index (χ4v) is 9.56. The van der Waals surface area contributed by atoms with Gasteiger partial charge in [-0.3, -0.25) is 0 Å². The molecular weight excluding hydrogens is 424 g/mol. The van der Waals surface area contributed by atoms with E-state index in [1.165, 1.54) is 31.3 Å². The highest BCUT2D eigenvalue weighted by Crippen LogP contribution is 2.74. The number of hydrogen-bond acceptors (Lipinski definition) is 3. The predicted molar refractivity (Wildman–Crippen MR) is 136 cm³/mol. The van der Waals surface area contributed by atoms with Crippen molar-refractivity contribution in [3.8, 4) is 0 Å². The number of rotatable bonds is 6. The molecule has 0 amide bonds. The maximum absolute atomic E-state index is 11.2. The van der Waals surface area contributed by atoms with E-state index in [2.05, 4.69) is 40.7 Å². The largest absolute Gasteiger partial charge is 0.478 e. The van der Waals surface area contributed by atoms with E-state index in [1.807, 2.05) is 6.08 Å². The Morgan fingerprint density at radius 3 is 2.47 bits per heavy atom. The van der Waals surface area contributed by atoms with Gasteiger partial charge in [0.15, 0.2) is 0 Å². The normalized spacial score (nSPS) is 47.3. The second-order valence-electron chi connectivity index (χ2n) is 13.4. The fraction of sp³-hybridized carbons (Fsp3) is 0.833. The average molecular weight is 473 g/mol. The van der Waals surface area contributed by atoms with Gasteiger partial charge in [0.1, 0.15) is 0 Å². The maximum Gasteiger partial charge on any atom is 0.330 e. The molecule has 0 aromatic heterocycles. The molecule has 0 aliphatic heterocycles. The van der Waals surface area contributed by atoms with E-state index >= 15 is 0 Å². The van der Waals surface area contributed by atoms with E-state index < -0.39 is 17.5 Å². The quantitative estimate of drug-likeness (QED) is 0.310. The monoisotopic (exact) mass is 472 g/mol. The smallest absolute Gasteiger partial charge is 0.330 e. The molecule has 192 valence electrons. The minimum atomic E-state index is -0.808. The van der Waals surface area contributed by atoms with Crippen LogP contribution in [0.3, 0.4) is 0 Å². The Bertz CT molecular complexity index is 875. The van der Waals surface area contributed by atoms with Gasteiger partial charge in [-0.05, 0) is 105 Å². The number of allylic oxidation sites excluding steroid dienone is 2. The summed E-state index contributed by atoms with van der Waals surface area (Å²) in [5.41, 5.74) is 2.13. The van der Waals surface area contributed by atoms with Gasteiger partial charge in [-0.25, -0.2) is 4.79 Å². The summed E-state index contributed by atoms with van der Waals surface area (Å²) >= 11 is 0. The van der Waals surface area contributed by atoms with Crippen LogP contribution < -0.4 is 0 Å². The van der Waals surface area contributed by atoms with Crippen LogP contribution in [0.15, 0.2) is 23.3 Å². The molecule has 4 aliphatic carbocycles. The van der Waals surface area contributed by atoms with Gasteiger partial charge in [0.25, 0.3) is 0 Å². The molecule has 9 atom stereocenters. The average Bonchev–Trinajstić information content (AvgIpc) is 3.07. The van der Waals surface area contributed by atoms with Crippen molar-refractivity contribution in [1.82, 2.24) is 0 Å². The Morgan fingerprint density at radius 1 is 1.12 bits per heavy atom. The molecule has 34 heavy (non-hydrogen) atoms. The van der Waals surface area contributed by atoms with Crippen LogP contribution in [-0.4, -0.2) is 34.0 Å². The Hall–Kier alpha value is -1.13. The van der Waals surface area contributed by atoms with Crippen molar-refractivity contribution >= 4 is 5.97 Å². The molecule has 3 fully saturated rings. The van der Waals surface area contributed by atoms with E-state index in [-0.39, 0.29) is 12.0 Å². The van der Waals surface area contributed by atoms with Crippen molar-refractivity contribution in [1.29, 1.82) is 0 Å². The summed E-state index contributed by atoms with van der Waals surface area (Å²) in [4.78, 5) is 11.2. The van der Waals surface area contributed by atoms with Gasteiger partial charge in [-0.2, -0.15) is 0 Å². The van der Waals surface area contributed by atoms with E-state index in [9.17, 15) is 15.0 Å². The Labute approximate surface area is 206 Å². The molecule has 0 spiro atoms. The number of fused-ring (bicyclic) bond motifs is 5. The van der Waals surface area contributed by atoms with Crippen LogP contribution in [0.25, 0.3) is 0 Å². The molecule has 0 radical (unpaired) electrons. The number of aliphatic carboxylic acids is 1. The van der Waals surface area contributed by atoms with Crippen LogP contribution in [-0.2, 0) is 4.79 Å². The van der Waals surface area contributed by atoms with Crippen LogP contribution in [0.5, 0.6) is 0 Å². The van der Waals surface area contributed by atoms with Gasteiger partial charge in [-0.1, -0.05) is 52.3 Å². The Balaban J connectivity index is 1.59. The van der Waals surface area contributed by atoms with Crippen LogP contribution in [0.4, 0.5) is 0 Å². The molecule has 3 saturated carbocycles. The van der Waals surface area contributed by atoms with Crippen molar-refractivity contribution in [2.75, 3.05) is 6.61 Å². The van der Waals surface area contributed by atoms with Crippen LogP contribution in [0.2, 0.25) is 0 Å². The first-order valence-corrected chi connectivity index (χ1v) is 13.7. The Morgan fingerprint density at radius 2 is 1.82 bits per heavy atom. The predicted octanol–water partition coefficient (Wildman–Crippen LogP) is 6.37. The number of carboxylic acids is 1. The van der Waals surface area contributed by atoms with Crippen molar-refractivity contribution in [2.24, 2.45) is 45.3 Å². The zero-order valence-electron chi connectivity index (χ0n) is 22.4. The van der Waals surface area contributed by atoms with E-state index in [4.69, 9.17) is 5.11 Å². The number of carboxylic acid groups (broad SMARTS) is 1. The summed E-state index contributed by atoms with van der Waals surface area (Å²) in [5.74, 6) is 1.57. The lowest BCUT2D eigenvalue weighted by Crippen LogP contribution is -2.59. The van der Waals surface area contributed by atoms with Crippen LogP contribution in [0, 0.1) is 45.3 Å². The number of hydrogen-bond donors (Lipinski definition) is 3. The molecule has 4 aliphatic rings. The van der Waals surface area contributed by atoms with Crippen LogP contribution >= 0.6 is 0 Å². The first-order chi connectivity index (χ1) is 15.8. The second kappa shape index (κ2) is 8.76. The summed E-state index contributed by atoms with van der Waals surface area (Å²) in [6.45, 7) is 13.9. The van der Waals surface area contributed by atoms with Gasteiger partial charge in [0.05, 0.1) is 12.7 Å². The van der Waals surface area contributed by atoms with Crippen molar-refractivity contribution in [3.63, 3.8) is 0 Å². The number of carbonyl (C=O) groups is 1. The van der Waals surface area contributed by atoms with Gasteiger partial charge in [-0.15, -0.1) is 0 Å². The maximum atomic E-state index is 11.2. The van der Waals surface area contributed by atoms with Gasteiger partial charge in [0, 0.05) is 11.0 Å². The summed E-state index contributed by atoms with van der Waals surface area (Å²) in [6.07, 6.45) is 13.7. The first kappa shape index (κ1) is 25.9. The molecule has 0 saturated heterocycles. The fourth-order valence-electron chi connectivity index (χ4n) is 9.56. The van der Waals surface area contributed by atoms with E-state index in [1.54, 1.807) is 6.92 Å². The summed E-state index contributed by atoms with van der Waals surface area (Å²) < 4.78 is 0. The van der Waals surface area contributed by atoms with Crippen LogP contribution in [0.1, 0.15) is 99.3 Å². The Kier molecular flexibility index (Phi) is 6.69. The number of aliphatic hydroxyl groups is 2. The van der Waals surface area contributed by atoms with Crippen molar-refractivity contribution in [2.45, 2.75) is 105 Å². The zero-order valence-corrected chi connectivity index (χ0v) is 22.4. The lowest BCUT2D eigenvalue weighted by molar-refractivity contribution is -0.148. The number of aliphatic hydroxyl groups excluding tert-OH is 2. The lowest BCUT2D eigenvalue weighted by Gasteiger charge is -2.66. The molecule has 0 aromatic rings. The third-order valence-corrected chi connectivity index (χ3v) is 12.1. The SMILES string of the molecule is CC(=CCCC(C)C1CCC2(C)C3CC=C4C(CCC(O)C4(C)CO)C3(C)CCC12C)C(=O)O. The molecule has 0 heterocycles. The molecule has 4 heteroatoms. The van der Waals surface area contributed by atoms with E-state index in [0.29, 0.717) is 40.1 Å². The summed E-state index contributed by atoms with van der Waals surface area (Å²) in [5, 5.41) is 30.2. The summed E-state index contributed by atoms with van der Waals surface area (Å²) in [7, 11) is 0. The molecule has 0 aromatic carbocycles. The molecule has 0 bridgehead atoms. The molecule has 9 unspecified atom stereocenters. The van der Waals surface area contributed by atoms with Crippen molar-refractivity contribution in [3.05, 3.63) is 23.3 Å². The van der Waals surface area contributed by atoms with Crippen molar-refractivity contribution < 1.29 is 20.1 Å². The van der Waals surface area contributed by atoms with Gasteiger partial charge < -0.3 is 15.3 Å². The zero-order chi connectivity index (χ0) is 25.1. The van der Waals surface area contributed by atoms with Gasteiger partial charge >= 0.3 is 5.97 Å². The highest BCUT2D eigenvalue weighted by molar-refractivity contribution is 5.85. The first-order valence-electron chi connectivity index (χ1n) is 13.7. The van der Waals surface area contributed by atoms with E-state index in [0.717, 1.165) is 32.1 Å². The summed E-state index contributed by atoms with van der Waals surface area (Å²) in [6, 6.07) is 0. The third-order valence-electron chi connectivity index (χ3n) is 12.1. The highest BCUT2D eigenvalue weighted by Gasteiger charge is 2.67. The van der Waals surface area contributed by atoms with Gasteiger partial charge in [0.2, 0.25) is 0 Å².